The number of hydrogen-bond donors (Lipinski definition) is 0. The van der Waals surface area contributed by atoms with E-state index in [-0.39, 0.29) is 0 Å². The van der Waals surface area contributed by atoms with Crippen molar-refractivity contribution in [1.82, 2.24) is 0 Å². The molecule has 0 nitrogen and oxygen atoms in total. The Balaban J connectivity index is 2.14. The topological polar surface area (TPSA) is 0 Å². The van der Waals surface area contributed by atoms with E-state index in [1.165, 1.54) is 38.5 Å². The number of hydrogen-bond acceptors (Lipinski definition) is 0. The first-order chi connectivity index (χ1) is 5.45. The first kappa shape index (κ1) is 7.15. The van der Waals surface area contributed by atoms with E-state index in [0.717, 1.165) is 5.92 Å². The predicted molar refractivity (Wildman–Crippen MR) is 48.4 cm³/mol. The van der Waals surface area contributed by atoms with Crippen molar-refractivity contribution in [2.75, 3.05) is 0 Å². The molecule has 2 bridgehead atoms. The van der Waals surface area contributed by atoms with Gasteiger partial charge in [0.15, 0.2) is 0 Å². The van der Waals surface area contributed by atoms with Crippen molar-refractivity contribution in [1.29, 1.82) is 0 Å². The highest BCUT2D eigenvalue weighted by Crippen LogP contribution is 2.30. The summed E-state index contributed by atoms with van der Waals surface area (Å²) in [4.78, 5) is 0. The second kappa shape index (κ2) is 3.25. The zero-order valence-electron chi connectivity index (χ0n) is 7.05. The zero-order valence-corrected chi connectivity index (χ0v) is 7.05. The van der Waals surface area contributed by atoms with Crippen LogP contribution >= 0.6 is 0 Å². The Labute approximate surface area is 69.0 Å². The summed E-state index contributed by atoms with van der Waals surface area (Å²) in [5.74, 6) is 1.01. The minimum atomic E-state index is 1.01. The molecule has 1 atom stereocenters. The van der Waals surface area contributed by atoms with Crippen LogP contribution in [0.1, 0.15) is 38.5 Å². The van der Waals surface area contributed by atoms with Crippen molar-refractivity contribution in [3.8, 4) is 0 Å². The highest BCUT2D eigenvalue weighted by molar-refractivity contribution is 5.21. The van der Waals surface area contributed by atoms with Crippen LogP contribution in [0.4, 0.5) is 0 Å². The average Bonchev–Trinajstić information content (AvgIpc) is 2.02. The van der Waals surface area contributed by atoms with E-state index in [1.54, 1.807) is 5.57 Å². The van der Waals surface area contributed by atoms with Crippen LogP contribution in [0, 0.1) is 5.92 Å². The van der Waals surface area contributed by atoms with Gasteiger partial charge < -0.3 is 0 Å². The normalized spacial score (nSPS) is 33.5. The van der Waals surface area contributed by atoms with Crippen LogP contribution < -0.4 is 0 Å². The van der Waals surface area contributed by atoms with E-state index in [2.05, 4.69) is 18.2 Å². The fourth-order valence-electron chi connectivity index (χ4n) is 2.16. The van der Waals surface area contributed by atoms with Crippen molar-refractivity contribution in [2.45, 2.75) is 38.5 Å². The van der Waals surface area contributed by atoms with Crippen molar-refractivity contribution in [3.05, 3.63) is 23.8 Å². The quantitative estimate of drug-likeness (QED) is 0.493. The minimum Gasteiger partial charge on any atom is -0.0843 e. The van der Waals surface area contributed by atoms with E-state index in [4.69, 9.17) is 0 Å². The lowest BCUT2D eigenvalue weighted by atomic mass is 9.84. The summed E-state index contributed by atoms with van der Waals surface area (Å²) < 4.78 is 0. The van der Waals surface area contributed by atoms with Crippen LogP contribution in [0.25, 0.3) is 0 Å². The molecule has 0 fully saturated rings. The van der Waals surface area contributed by atoms with Gasteiger partial charge in [-0.15, -0.1) is 0 Å². The SMILES string of the molecule is C1=C2/C=C\CCCC(CC1)C2. The summed E-state index contributed by atoms with van der Waals surface area (Å²) in [6.07, 6.45) is 15.4. The standard InChI is InChI=1S/C11H16/c1-2-5-10-7-4-8-11(9-10)6-3-1/h2,5,7,11H,1,3-4,6,8-9H2/b5-2-. The Hall–Kier alpha value is -0.520. The lowest BCUT2D eigenvalue weighted by Crippen LogP contribution is -2.07. The lowest BCUT2D eigenvalue weighted by molar-refractivity contribution is 0.422. The van der Waals surface area contributed by atoms with E-state index in [9.17, 15) is 0 Å². The monoisotopic (exact) mass is 148 g/mol. The van der Waals surface area contributed by atoms with Gasteiger partial charge in [0.1, 0.15) is 0 Å². The smallest absolute Gasteiger partial charge is 0.0254 e. The number of fused-ring (bicyclic) bond motifs is 2. The number of rotatable bonds is 0. The van der Waals surface area contributed by atoms with Gasteiger partial charge in [-0.3, -0.25) is 0 Å². The maximum Gasteiger partial charge on any atom is -0.0254 e. The molecule has 2 aliphatic rings. The fourth-order valence-corrected chi connectivity index (χ4v) is 2.16. The molecule has 0 aromatic heterocycles. The van der Waals surface area contributed by atoms with Crippen molar-refractivity contribution >= 4 is 0 Å². The van der Waals surface area contributed by atoms with E-state index in [0.29, 0.717) is 0 Å². The van der Waals surface area contributed by atoms with Crippen LogP contribution in [0.3, 0.4) is 0 Å². The first-order valence-corrected chi connectivity index (χ1v) is 4.81. The first-order valence-electron chi connectivity index (χ1n) is 4.81. The Kier molecular flexibility index (Phi) is 2.11. The number of allylic oxidation sites excluding steroid dienone is 4. The molecule has 1 unspecified atom stereocenters. The summed E-state index contributed by atoms with van der Waals surface area (Å²) in [7, 11) is 0. The Morgan fingerprint density at radius 1 is 1.18 bits per heavy atom. The van der Waals surface area contributed by atoms with E-state index >= 15 is 0 Å². The molecule has 0 amide bonds. The molecule has 0 aromatic rings. The van der Waals surface area contributed by atoms with E-state index < -0.39 is 0 Å². The summed E-state index contributed by atoms with van der Waals surface area (Å²) >= 11 is 0. The summed E-state index contributed by atoms with van der Waals surface area (Å²) in [5, 5.41) is 0. The molecule has 0 radical (unpaired) electrons. The van der Waals surface area contributed by atoms with Gasteiger partial charge in [0, 0.05) is 0 Å². The molecule has 11 heavy (non-hydrogen) atoms. The van der Waals surface area contributed by atoms with Gasteiger partial charge in [-0.25, -0.2) is 0 Å². The molecule has 0 spiro atoms. The van der Waals surface area contributed by atoms with Gasteiger partial charge >= 0.3 is 0 Å². The van der Waals surface area contributed by atoms with Crippen LogP contribution in [-0.4, -0.2) is 0 Å². The van der Waals surface area contributed by atoms with Gasteiger partial charge in [-0.2, -0.15) is 0 Å². The molecule has 60 valence electrons. The van der Waals surface area contributed by atoms with Gasteiger partial charge in [0.05, 0.1) is 0 Å². The van der Waals surface area contributed by atoms with Crippen LogP contribution in [0.5, 0.6) is 0 Å². The van der Waals surface area contributed by atoms with Crippen molar-refractivity contribution < 1.29 is 0 Å². The second-order valence-corrected chi connectivity index (χ2v) is 3.76. The third-order valence-electron chi connectivity index (χ3n) is 2.82. The maximum absolute atomic E-state index is 2.42. The second-order valence-electron chi connectivity index (χ2n) is 3.76. The van der Waals surface area contributed by atoms with Crippen LogP contribution in [0.15, 0.2) is 23.8 Å². The molecule has 2 rings (SSSR count). The molecule has 2 aliphatic carbocycles. The van der Waals surface area contributed by atoms with Crippen LogP contribution in [-0.2, 0) is 0 Å². The molecular formula is C11H16. The average molecular weight is 148 g/mol. The highest BCUT2D eigenvalue weighted by Gasteiger charge is 2.14. The molecule has 0 N–H and O–H groups in total. The van der Waals surface area contributed by atoms with Gasteiger partial charge in [0.25, 0.3) is 0 Å². The molecule has 0 saturated heterocycles. The van der Waals surface area contributed by atoms with E-state index in [1.807, 2.05) is 0 Å². The lowest BCUT2D eigenvalue weighted by Gasteiger charge is -2.22. The largest absolute Gasteiger partial charge is 0.0843 e. The Bertz CT molecular complexity index is 186. The Morgan fingerprint density at radius 2 is 2.18 bits per heavy atom. The molecule has 0 heterocycles. The zero-order chi connectivity index (χ0) is 7.52. The molecule has 0 heteroatoms. The predicted octanol–water partition coefficient (Wildman–Crippen LogP) is 3.45. The summed E-state index contributed by atoms with van der Waals surface area (Å²) in [5.41, 5.74) is 1.60. The third-order valence-corrected chi connectivity index (χ3v) is 2.82. The summed E-state index contributed by atoms with van der Waals surface area (Å²) in [6, 6.07) is 0. The van der Waals surface area contributed by atoms with Gasteiger partial charge in [0.2, 0.25) is 0 Å². The van der Waals surface area contributed by atoms with Gasteiger partial charge in [-0.1, -0.05) is 23.8 Å². The molecule has 0 aliphatic heterocycles. The molecule has 0 aromatic carbocycles. The minimum absolute atomic E-state index is 1.01. The summed E-state index contributed by atoms with van der Waals surface area (Å²) in [6.45, 7) is 0. The third kappa shape index (κ3) is 1.74. The molecule has 0 saturated carbocycles. The highest BCUT2D eigenvalue weighted by atomic mass is 14.2. The Morgan fingerprint density at radius 3 is 3.18 bits per heavy atom. The molecular weight excluding hydrogens is 132 g/mol. The van der Waals surface area contributed by atoms with Crippen molar-refractivity contribution in [2.24, 2.45) is 5.92 Å². The maximum atomic E-state index is 2.42. The van der Waals surface area contributed by atoms with Crippen LogP contribution in [0.2, 0.25) is 0 Å². The van der Waals surface area contributed by atoms with Crippen molar-refractivity contribution in [3.63, 3.8) is 0 Å². The van der Waals surface area contributed by atoms with Gasteiger partial charge in [-0.05, 0) is 44.4 Å². The fraction of sp³-hybridized carbons (Fsp3) is 0.636.